The lowest BCUT2D eigenvalue weighted by Crippen LogP contribution is -2.28. The zero-order valence-corrected chi connectivity index (χ0v) is 17.8. The van der Waals surface area contributed by atoms with E-state index in [0.717, 1.165) is 28.0 Å². The summed E-state index contributed by atoms with van der Waals surface area (Å²) in [6.45, 7) is 3.60. The average molecular weight is 444 g/mol. The van der Waals surface area contributed by atoms with Gasteiger partial charge in [0.15, 0.2) is 0 Å². The lowest BCUT2D eigenvalue weighted by molar-refractivity contribution is -0.121. The molecule has 1 saturated heterocycles. The molecule has 1 fully saturated rings. The minimum atomic E-state index is -0.510. The maximum Gasteiger partial charge on any atom is 0.348 e. The van der Waals surface area contributed by atoms with Crippen LogP contribution in [0.25, 0.3) is 0 Å². The molecule has 10 heteroatoms. The fourth-order valence-electron chi connectivity index (χ4n) is 2.94. The third-order valence-corrected chi connectivity index (χ3v) is 6.49. The number of imide groups is 1. The Morgan fingerprint density at radius 1 is 1.23 bits per heavy atom. The number of rotatable bonds is 6. The summed E-state index contributed by atoms with van der Waals surface area (Å²) in [5.41, 5.74) is 1.28. The molecule has 0 spiro atoms. The van der Waals surface area contributed by atoms with Gasteiger partial charge in [-0.1, -0.05) is 0 Å². The predicted octanol–water partition coefficient (Wildman–Crippen LogP) is 3.71. The molecule has 3 rings (SSSR count). The predicted molar refractivity (Wildman–Crippen MR) is 113 cm³/mol. The zero-order chi connectivity index (χ0) is 21.8. The smallest absolute Gasteiger partial charge is 0.348 e. The molecule has 0 saturated carbocycles. The number of hydrogen-bond donors (Lipinski definition) is 1. The first kappa shape index (κ1) is 21.5. The van der Waals surface area contributed by atoms with Crippen molar-refractivity contribution in [3.63, 3.8) is 0 Å². The third kappa shape index (κ3) is 4.22. The van der Waals surface area contributed by atoms with Crippen LogP contribution in [0.1, 0.15) is 45.4 Å². The highest BCUT2D eigenvalue weighted by Crippen LogP contribution is 2.40. The molecule has 2 aromatic rings. The fraction of sp³-hybridized carbons (Fsp3) is 0.250. The Hall–Kier alpha value is -3.16. The van der Waals surface area contributed by atoms with E-state index in [1.807, 2.05) is 5.40 Å². The van der Waals surface area contributed by atoms with Crippen molar-refractivity contribution in [2.24, 2.45) is 0 Å². The van der Waals surface area contributed by atoms with Crippen molar-refractivity contribution in [1.82, 2.24) is 0 Å². The van der Waals surface area contributed by atoms with Crippen molar-refractivity contribution in [3.8, 4) is 5.40 Å². The number of thiocyanates is 1. The highest BCUT2D eigenvalue weighted by Gasteiger charge is 2.30. The number of esters is 1. The lowest BCUT2D eigenvalue weighted by Gasteiger charge is -2.14. The summed E-state index contributed by atoms with van der Waals surface area (Å²) in [5, 5.41) is 14.1. The molecule has 30 heavy (non-hydrogen) atoms. The highest BCUT2D eigenvalue weighted by atomic mass is 32.2. The summed E-state index contributed by atoms with van der Waals surface area (Å²) in [6, 6.07) is 6.08. The van der Waals surface area contributed by atoms with Gasteiger partial charge in [-0.25, -0.2) is 4.79 Å². The van der Waals surface area contributed by atoms with Crippen LogP contribution in [0, 0.1) is 17.6 Å². The van der Waals surface area contributed by atoms with Gasteiger partial charge in [0, 0.05) is 18.4 Å². The number of nitriles is 1. The number of ether oxygens (including phenoxy) is 1. The van der Waals surface area contributed by atoms with E-state index in [9.17, 15) is 19.2 Å². The molecular weight excluding hydrogens is 426 g/mol. The number of thiophene rings is 1. The van der Waals surface area contributed by atoms with Gasteiger partial charge in [-0.05, 0) is 55.4 Å². The Bertz CT molecular complexity index is 1050. The van der Waals surface area contributed by atoms with Crippen LogP contribution in [-0.2, 0) is 14.3 Å². The van der Waals surface area contributed by atoms with Crippen LogP contribution in [-0.4, -0.2) is 30.3 Å². The molecule has 154 valence electrons. The molecule has 0 bridgehead atoms. The Morgan fingerprint density at radius 3 is 2.43 bits per heavy atom. The van der Waals surface area contributed by atoms with Crippen LogP contribution >= 0.6 is 23.1 Å². The van der Waals surface area contributed by atoms with Crippen molar-refractivity contribution in [2.45, 2.75) is 31.6 Å². The van der Waals surface area contributed by atoms with Gasteiger partial charge in [-0.3, -0.25) is 19.3 Å². The van der Waals surface area contributed by atoms with Gasteiger partial charge in [-0.15, -0.1) is 11.3 Å². The van der Waals surface area contributed by atoms with E-state index < -0.39 is 11.9 Å². The molecule has 1 N–H and O–H groups in total. The molecule has 2 heterocycles. The third-order valence-electron chi connectivity index (χ3n) is 4.37. The van der Waals surface area contributed by atoms with E-state index in [-0.39, 0.29) is 31.3 Å². The van der Waals surface area contributed by atoms with E-state index in [4.69, 9.17) is 10.00 Å². The van der Waals surface area contributed by atoms with Crippen molar-refractivity contribution >= 4 is 57.5 Å². The molecule has 0 atom stereocenters. The standard InChI is InChI=1S/C20H17N3O5S2/c1-3-28-20(27)17-11(2)16(29-10-21)19(30-17)22-18(26)12-4-6-13(7-5-12)23-14(24)8-9-15(23)25/h4-7H,3,8-9H2,1-2H3,(H,22,26). The van der Waals surface area contributed by atoms with Gasteiger partial charge < -0.3 is 10.1 Å². The van der Waals surface area contributed by atoms with Gasteiger partial charge in [0.25, 0.3) is 5.91 Å². The number of nitrogens with zero attached hydrogens (tertiary/aromatic N) is 2. The van der Waals surface area contributed by atoms with Crippen LogP contribution in [0.3, 0.4) is 0 Å². The summed E-state index contributed by atoms with van der Waals surface area (Å²) >= 11 is 1.90. The number of anilines is 2. The number of carbonyl (C=O) groups is 4. The molecule has 3 amide bonds. The number of hydrogen-bond acceptors (Lipinski definition) is 8. The molecule has 0 unspecified atom stereocenters. The maximum absolute atomic E-state index is 12.7. The van der Waals surface area contributed by atoms with Crippen molar-refractivity contribution in [3.05, 3.63) is 40.3 Å². The Kier molecular flexibility index (Phi) is 6.54. The minimum absolute atomic E-state index is 0.181. The number of carbonyl (C=O) groups excluding carboxylic acids is 4. The molecule has 8 nitrogen and oxygen atoms in total. The second-order valence-electron chi connectivity index (χ2n) is 6.25. The molecule has 0 radical (unpaired) electrons. The molecule has 1 aromatic carbocycles. The summed E-state index contributed by atoms with van der Waals surface area (Å²) in [4.78, 5) is 50.4. The Balaban J connectivity index is 1.82. The Labute approximate surface area is 180 Å². The first-order valence-electron chi connectivity index (χ1n) is 9.01. The van der Waals surface area contributed by atoms with Crippen molar-refractivity contribution in [2.75, 3.05) is 16.8 Å². The number of amides is 3. The van der Waals surface area contributed by atoms with Crippen LogP contribution in [0.5, 0.6) is 0 Å². The van der Waals surface area contributed by atoms with Gasteiger partial charge >= 0.3 is 5.97 Å². The van der Waals surface area contributed by atoms with E-state index in [1.165, 1.54) is 24.3 Å². The van der Waals surface area contributed by atoms with Gasteiger partial charge in [0.2, 0.25) is 11.8 Å². The number of thioether (sulfide) groups is 1. The van der Waals surface area contributed by atoms with E-state index in [0.29, 0.717) is 31.6 Å². The average Bonchev–Trinajstić information content (AvgIpc) is 3.22. The monoisotopic (exact) mass is 443 g/mol. The summed E-state index contributed by atoms with van der Waals surface area (Å²) < 4.78 is 5.03. The molecule has 1 aliphatic heterocycles. The number of nitrogens with one attached hydrogen (secondary N) is 1. The topological polar surface area (TPSA) is 117 Å². The largest absolute Gasteiger partial charge is 0.462 e. The molecule has 1 aliphatic rings. The van der Waals surface area contributed by atoms with E-state index in [2.05, 4.69) is 5.32 Å². The minimum Gasteiger partial charge on any atom is -0.462 e. The van der Waals surface area contributed by atoms with Crippen molar-refractivity contribution in [1.29, 1.82) is 5.26 Å². The zero-order valence-electron chi connectivity index (χ0n) is 16.2. The van der Waals surface area contributed by atoms with Gasteiger partial charge in [0.1, 0.15) is 15.3 Å². The van der Waals surface area contributed by atoms with E-state index >= 15 is 0 Å². The first-order chi connectivity index (χ1) is 14.4. The quantitative estimate of drug-likeness (QED) is 0.313. The molecular formula is C20H17N3O5S2. The Morgan fingerprint density at radius 2 is 1.87 bits per heavy atom. The second kappa shape index (κ2) is 9.11. The lowest BCUT2D eigenvalue weighted by atomic mass is 10.2. The van der Waals surface area contributed by atoms with Crippen LogP contribution < -0.4 is 10.2 Å². The fourth-order valence-corrected chi connectivity index (χ4v) is 4.74. The van der Waals surface area contributed by atoms with Crippen molar-refractivity contribution < 1.29 is 23.9 Å². The molecule has 1 aromatic heterocycles. The maximum atomic E-state index is 12.7. The normalized spacial score (nSPS) is 13.3. The SMILES string of the molecule is CCOC(=O)c1sc(NC(=O)c2ccc(N3C(=O)CCC3=O)cc2)c(SC#N)c1C. The molecule has 0 aliphatic carbocycles. The summed E-state index contributed by atoms with van der Waals surface area (Å²) in [6.07, 6.45) is 0.363. The summed E-state index contributed by atoms with van der Waals surface area (Å²) in [5.74, 6) is -1.49. The van der Waals surface area contributed by atoms with Crippen LogP contribution in [0.2, 0.25) is 0 Å². The van der Waals surface area contributed by atoms with Gasteiger partial charge in [-0.2, -0.15) is 5.26 Å². The van der Waals surface area contributed by atoms with Gasteiger partial charge in [0.05, 0.1) is 17.2 Å². The van der Waals surface area contributed by atoms with Crippen LogP contribution in [0.4, 0.5) is 10.7 Å². The first-order valence-corrected chi connectivity index (χ1v) is 10.6. The second-order valence-corrected chi connectivity index (χ2v) is 8.07. The number of benzene rings is 1. The van der Waals surface area contributed by atoms with E-state index in [1.54, 1.807) is 13.8 Å². The highest BCUT2D eigenvalue weighted by molar-refractivity contribution is 8.04. The summed E-state index contributed by atoms with van der Waals surface area (Å²) in [7, 11) is 0. The van der Waals surface area contributed by atoms with Crippen LogP contribution in [0.15, 0.2) is 29.2 Å².